The van der Waals surface area contributed by atoms with Crippen LogP contribution in [0.2, 0.25) is 0 Å². The third-order valence-corrected chi connectivity index (χ3v) is 4.36. The molecule has 2 aromatic rings. The number of fused-ring (bicyclic) bond motifs is 1. The van der Waals surface area contributed by atoms with E-state index in [2.05, 4.69) is 0 Å². The van der Waals surface area contributed by atoms with Crippen molar-refractivity contribution in [3.05, 3.63) is 53.6 Å². The van der Waals surface area contributed by atoms with E-state index in [1.165, 1.54) is 5.56 Å². The van der Waals surface area contributed by atoms with Crippen LogP contribution in [0.25, 0.3) is 0 Å². The molecular weight excluding hydrogens is 292 g/mol. The number of hydrogen-bond acceptors (Lipinski definition) is 4. The second kappa shape index (κ2) is 5.28. The summed E-state index contributed by atoms with van der Waals surface area (Å²) >= 11 is 0. The molecule has 2 atom stereocenters. The summed E-state index contributed by atoms with van der Waals surface area (Å²) in [5.74, 6) is 1.31. The van der Waals surface area contributed by atoms with Crippen LogP contribution in [0.1, 0.15) is 17.2 Å². The number of ether oxygens (including phenoxy) is 2. The zero-order valence-corrected chi connectivity index (χ0v) is 12.9. The molecule has 5 heteroatoms. The highest BCUT2D eigenvalue weighted by molar-refractivity contribution is 6.05. The molecular formula is C18H18N2O3. The van der Waals surface area contributed by atoms with Gasteiger partial charge in [0.05, 0.1) is 6.04 Å². The van der Waals surface area contributed by atoms with Gasteiger partial charge < -0.3 is 20.1 Å². The molecule has 1 fully saturated rings. The Bertz CT molecular complexity index is 757. The maximum Gasteiger partial charge on any atom is 0.247 e. The van der Waals surface area contributed by atoms with Crippen molar-refractivity contribution in [3.63, 3.8) is 0 Å². The molecule has 5 nitrogen and oxygen atoms in total. The zero-order valence-electron chi connectivity index (χ0n) is 12.9. The maximum atomic E-state index is 12.3. The van der Waals surface area contributed by atoms with Crippen molar-refractivity contribution in [2.24, 2.45) is 5.73 Å². The van der Waals surface area contributed by atoms with Gasteiger partial charge in [-0.05, 0) is 24.6 Å². The molecule has 2 heterocycles. The first-order valence-electron chi connectivity index (χ1n) is 7.70. The predicted octanol–water partition coefficient (Wildman–Crippen LogP) is 2.18. The lowest BCUT2D eigenvalue weighted by molar-refractivity contribution is -0.126. The van der Waals surface area contributed by atoms with Gasteiger partial charge in [0, 0.05) is 11.8 Å². The smallest absolute Gasteiger partial charge is 0.247 e. The Morgan fingerprint density at radius 3 is 2.48 bits per heavy atom. The Morgan fingerprint density at radius 1 is 1.04 bits per heavy atom. The molecule has 1 saturated heterocycles. The van der Waals surface area contributed by atoms with Gasteiger partial charge in [0.1, 0.15) is 19.3 Å². The van der Waals surface area contributed by atoms with Crippen LogP contribution in [0.15, 0.2) is 42.5 Å². The van der Waals surface area contributed by atoms with Gasteiger partial charge in [0.2, 0.25) is 5.91 Å². The van der Waals surface area contributed by atoms with Crippen molar-refractivity contribution in [1.29, 1.82) is 0 Å². The van der Waals surface area contributed by atoms with E-state index >= 15 is 0 Å². The summed E-state index contributed by atoms with van der Waals surface area (Å²) in [6.45, 7) is 3.10. The highest BCUT2D eigenvalue weighted by Gasteiger charge is 2.46. The number of nitrogens with two attached hydrogens (primary N) is 1. The quantitative estimate of drug-likeness (QED) is 0.864. The molecule has 2 N–H and O–H groups in total. The molecule has 2 aliphatic heterocycles. The number of rotatable bonds is 2. The van der Waals surface area contributed by atoms with Crippen LogP contribution in [-0.2, 0) is 4.79 Å². The molecule has 2 aromatic carbocycles. The monoisotopic (exact) mass is 310 g/mol. The summed E-state index contributed by atoms with van der Waals surface area (Å²) < 4.78 is 11.1. The van der Waals surface area contributed by atoms with Gasteiger partial charge >= 0.3 is 0 Å². The first-order valence-corrected chi connectivity index (χ1v) is 7.70. The van der Waals surface area contributed by atoms with Gasteiger partial charge in [0.25, 0.3) is 0 Å². The molecule has 0 spiro atoms. The van der Waals surface area contributed by atoms with Gasteiger partial charge in [-0.3, -0.25) is 4.79 Å². The van der Waals surface area contributed by atoms with Crippen LogP contribution in [0.3, 0.4) is 0 Å². The molecule has 0 bridgehead atoms. The fourth-order valence-electron chi connectivity index (χ4n) is 3.10. The average Bonchev–Trinajstić information content (AvgIpc) is 2.59. The summed E-state index contributed by atoms with van der Waals surface area (Å²) in [4.78, 5) is 14.0. The number of nitrogens with zero attached hydrogens (tertiary/aromatic N) is 1. The highest BCUT2D eigenvalue weighted by atomic mass is 16.6. The zero-order chi connectivity index (χ0) is 16.0. The first-order chi connectivity index (χ1) is 11.1. The molecule has 118 valence electrons. The van der Waals surface area contributed by atoms with Crippen molar-refractivity contribution < 1.29 is 14.3 Å². The van der Waals surface area contributed by atoms with Crippen molar-refractivity contribution in [1.82, 2.24) is 0 Å². The van der Waals surface area contributed by atoms with E-state index in [1.54, 1.807) is 4.90 Å². The van der Waals surface area contributed by atoms with Gasteiger partial charge in [-0.25, -0.2) is 0 Å². The summed E-state index contributed by atoms with van der Waals surface area (Å²) in [6, 6.07) is 13.0. The van der Waals surface area contributed by atoms with Gasteiger partial charge in [-0.2, -0.15) is 0 Å². The third kappa shape index (κ3) is 2.24. The number of β-lactam (4-membered cyclic amide) rings is 1. The number of benzene rings is 2. The number of aryl methyl sites for hydroxylation is 1. The van der Waals surface area contributed by atoms with Crippen LogP contribution >= 0.6 is 0 Å². The number of carbonyl (C=O) groups is 1. The molecule has 0 unspecified atom stereocenters. The summed E-state index contributed by atoms with van der Waals surface area (Å²) in [6.07, 6.45) is 0. The fourth-order valence-corrected chi connectivity index (χ4v) is 3.10. The van der Waals surface area contributed by atoms with E-state index in [9.17, 15) is 4.79 Å². The molecule has 23 heavy (non-hydrogen) atoms. The van der Waals surface area contributed by atoms with Crippen LogP contribution < -0.4 is 20.1 Å². The number of carbonyl (C=O) groups excluding carboxylic acids is 1. The van der Waals surface area contributed by atoms with E-state index in [0.717, 1.165) is 11.3 Å². The van der Waals surface area contributed by atoms with E-state index in [4.69, 9.17) is 15.2 Å². The molecule has 0 aromatic heterocycles. The molecule has 0 saturated carbocycles. The summed E-state index contributed by atoms with van der Waals surface area (Å²) in [5, 5.41) is 0. The molecule has 4 rings (SSSR count). The van der Waals surface area contributed by atoms with E-state index < -0.39 is 6.04 Å². The number of anilines is 1. The topological polar surface area (TPSA) is 64.8 Å². The lowest BCUT2D eigenvalue weighted by Gasteiger charge is -2.45. The minimum absolute atomic E-state index is 0.0766. The SMILES string of the molecule is Cc1ccc([C@H]2[C@@H](N)C(=O)N2c2ccc3c(c2)OCCO3)cc1. The Labute approximate surface area is 134 Å². The fraction of sp³-hybridized carbons (Fsp3) is 0.278. The minimum Gasteiger partial charge on any atom is -0.486 e. The van der Waals surface area contributed by atoms with Crippen LogP contribution in [-0.4, -0.2) is 25.2 Å². The van der Waals surface area contributed by atoms with E-state index in [-0.39, 0.29) is 11.9 Å². The summed E-state index contributed by atoms with van der Waals surface area (Å²) in [5.41, 5.74) is 9.06. The third-order valence-electron chi connectivity index (χ3n) is 4.36. The van der Waals surface area contributed by atoms with Crippen molar-refractivity contribution in [2.75, 3.05) is 18.1 Å². The second-order valence-electron chi connectivity index (χ2n) is 5.92. The second-order valence-corrected chi connectivity index (χ2v) is 5.92. The summed E-state index contributed by atoms with van der Waals surface area (Å²) in [7, 11) is 0. The molecule has 0 aliphatic carbocycles. The highest BCUT2D eigenvalue weighted by Crippen LogP contribution is 2.42. The minimum atomic E-state index is -0.508. The van der Waals surface area contributed by atoms with Crippen LogP contribution in [0, 0.1) is 6.92 Å². The Morgan fingerprint density at radius 2 is 1.74 bits per heavy atom. The standard InChI is InChI=1S/C18H18N2O3/c1-11-2-4-12(5-3-11)17-16(19)18(21)20(17)13-6-7-14-15(10-13)23-9-8-22-14/h2-7,10,16-17H,8-9,19H2,1H3/t16-,17+/m1/s1. The van der Waals surface area contributed by atoms with Crippen molar-refractivity contribution in [2.45, 2.75) is 19.0 Å². The van der Waals surface area contributed by atoms with Crippen molar-refractivity contribution >= 4 is 11.6 Å². The molecule has 0 radical (unpaired) electrons. The molecule has 1 amide bonds. The van der Waals surface area contributed by atoms with Gasteiger partial charge in [0.15, 0.2) is 11.5 Å². The lowest BCUT2D eigenvalue weighted by Crippen LogP contribution is -2.63. The van der Waals surface area contributed by atoms with Crippen LogP contribution in [0.4, 0.5) is 5.69 Å². The van der Waals surface area contributed by atoms with Gasteiger partial charge in [-0.1, -0.05) is 29.8 Å². The number of hydrogen-bond donors (Lipinski definition) is 1. The predicted molar refractivity (Wildman–Crippen MR) is 86.8 cm³/mol. The molecule has 2 aliphatic rings. The number of amides is 1. The van der Waals surface area contributed by atoms with E-state index in [1.807, 2.05) is 49.4 Å². The Balaban J connectivity index is 1.69. The van der Waals surface area contributed by atoms with E-state index in [0.29, 0.717) is 24.7 Å². The Hall–Kier alpha value is -2.53. The largest absolute Gasteiger partial charge is 0.486 e. The Kier molecular flexibility index (Phi) is 3.23. The first kappa shape index (κ1) is 14.1. The van der Waals surface area contributed by atoms with Crippen molar-refractivity contribution in [3.8, 4) is 11.5 Å². The van der Waals surface area contributed by atoms with Crippen LogP contribution in [0.5, 0.6) is 11.5 Å². The lowest BCUT2D eigenvalue weighted by atomic mass is 9.88. The maximum absolute atomic E-state index is 12.3. The average molecular weight is 310 g/mol. The van der Waals surface area contributed by atoms with Gasteiger partial charge in [-0.15, -0.1) is 0 Å². The normalized spacial score (nSPS) is 22.7.